The molecule has 34 heavy (non-hydrogen) atoms. The van der Waals surface area contributed by atoms with Crippen molar-refractivity contribution >= 4 is 35.0 Å². The standard InChI is InChI=1S/C25H23ClN2O5S/c1-4-32-19-12-15(10-11-18(19)29)13-20-23(30)28-22(16-8-6-7-9-17(16)26)21(24(31)33-5-2)14(3)27-25(28)34-20/h6-13,22,29H,4-5H2,1-3H3/t22-/m1/s1. The molecular weight excluding hydrogens is 476 g/mol. The Labute approximate surface area is 204 Å². The Morgan fingerprint density at radius 2 is 2.00 bits per heavy atom. The number of thiazole rings is 1. The lowest BCUT2D eigenvalue weighted by Crippen LogP contribution is -2.40. The molecule has 0 saturated carbocycles. The van der Waals surface area contributed by atoms with Gasteiger partial charge >= 0.3 is 5.97 Å². The van der Waals surface area contributed by atoms with Gasteiger partial charge in [0.05, 0.1) is 29.0 Å². The molecule has 2 heterocycles. The van der Waals surface area contributed by atoms with E-state index in [9.17, 15) is 14.7 Å². The van der Waals surface area contributed by atoms with Crippen LogP contribution in [0.3, 0.4) is 0 Å². The van der Waals surface area contributed by atoms with Gasteiger partial charge in [0.15, 0.2) is 16.3 Å². The van der Waals surface area contributed by atoms with E-state index in [1.54, 1.807) is 56.3 Å². The van der Waals surface area contributed by atoms with Crippen molar-refractivity contribution in [1.82, 2.24) is 4.57 Å². The monoisotopic (exact) mass is 498 g/mol. The Morgan fingerprint density at radius 1 is 1.24 bits per heavy atom. The number of nitrogens with zero attached hydrogens (tertiary/aromatic N) is 2. The number of hydrogen-bond acceptors (Lipinski definition) is 7. The first kappa shape index (κ1) is 23.8. The highest BCUT2D eigenvalue weighted by molar-refractivity contribution is 7.07. The van der Waals surface area contributed by atoms with Gasteiger partial charge in [0.2, 0.25) is 0 Å². The second-order valence-corrected chi connectivity index (χ2v) is 8.90. The Balaban J connectivity index is 1.94. The number of fused-ring (bicyclic) bond motifs is 1. The van der Waals surface area contributed by atoms with Crippen molar-refractivity contribution in [3.63, 3.8) is 0 Å². The fraction of sp³-hybridized carbons (Fsp3) is 0.240. The third kappa shape index (κ3) is 4.38. The van der Waals surface area contributed by atoms with Crippen LogP contribution in [0.5, 0.6) is 11.5 Å². The van der Waals surface area contributed by atoms with Gasteiger partial charge in [0.1, 0.15) is 6.04 Å². The van der Waals surface area contributed by atoms with Crippen LogP contribution in [0.4, 0.5) is 0 Å². The van der Waals surface area contributed by atoms with Gasteiger partial charge in [-0.1, -0.05) is 47.2 Å². The second kappa shape index (κ2) is 9.87. The Morgan fingerprint density at radius 3 is 2.71 bits per heavy atom. The molecule has 1 aliphatic heterocycles. The van der Waals surface area contributed by atoms with Gasteiger partial charge < -0.3 is 14.6 Å². The first-order valence-electron chi connectivity index (χ1n) is 10.8. The van der Waals surface area contributed by atoms with Crippen LogP contribution in [-0.4, -0.2) is 28.9 Å². The fourth-order valence-electron chi connectivity index (χ4n) is 3.83. The Kier molecular flexibility index (Phi) is 6.90. The lowest BCUT2D eigenvalue weighted by atomic mass is 9.96. The average molecular weight is 499 g/mol. The van der Waals surface area contributed by atoms with E-state index in [1.807, 2.05) is 6.92 Å². The average Bonchev–Trinajstić information content (AvgIpc) is 3.10. The molecule has 9 heteroatoms. The Hall–Kier alpha value is -3.36. The number of aromatic nitrogens is 1. The summed E-state index contributed by atoms with van der Waals surface area (Å²) < 4.78 is 12.6. The van der Waals surface area contributed by atoms with E-state index in [0.29, 0.717) is 43.5 Å². The normalized spacial score (nSPS) is 15.6. The van der Waals surface area contributed by atoms with Crippen LogP contribution in [0.1, 0.15) is 37.9 Å². The highest BCUT2D eigenvalue weighted by Gasteiger charge is 2.34. The third-order valence-corrected chi connectivity index (χ3v) is 6.63. The van der Waals surface area contributed by atoms with Crippen LogP contribution in [0, 0.1) is 0 Å². The molecule has 3 aromatic rings. The van der Waals surface area contributed by atoms with Crippen molar-refractivity contribution in [2.45, 2.75) is 26.8 Å². The highest BCUT2D eigenvalue weighted by atomic mass is 35.5. The maximum absolute atomic E-state index is 13.6. The largest absolute Gasteiger partial charge is 0.504 e. The predicted molar refractivity (Wildman–Crippen MR) is 131 cm³/mol. The van der Waals surface area contributed by atoms with Crippen molar-refractivity contribution < 1.29 is 19.4 Å². The van der Waals surface area contributed by atoms with Crippen molar-refractivity contribution in [2.75, 3.05) is 13.2 Å². The summed E-state index contributed by atoms with van der Waals surface area (Å²) in [6.07, 6.45) is 1.71. The third-order valence-electron chi connectivity index (χ3n) is 5.30. The zero-order chi connectivity index (χ0) is 24.4. The number of halogens is 1. The number of carbonyl (C=O) groups excluding carboxylic acids is 1. The number of carbonyl (C=O) groups is 1. The Bertz CT molecular complexity index is 1470. The minimum Gasteiger partial charge on any atom is -0.504 e. The number of ether oxygens (including phenoxy) is 2. The number of hydrogen-bond donors (Lipinski definition) is 1. The lowest BCUT2D eigenvalue weighted by molar-refractivity contribution is -0.139. The van der Waals surface area contributed by atoms with Crippen molar-refractivity contribution in [3.8, 4) is 11.5 Å². The van der Waals surface area contributed by atoms with E-state index in [-0.39, 0.29) is 23.5 Å². The predicted octanol–water partition coefficient (Wildman–Crippen LogP) is 3.56. The van der Waals surface area contributed by atoms with Gasteiger partial charge in [-0.2, -0.15) is 0 Å². The SMILES string of the molecule is CCOC(=O)C1=C(C)N=c2sc(=Cc3ccc(O)c(OCC)c3)c(=O)n2[C@@H]1c1ccccc1Cl. The second-order valence-electron chi connectivity index (χ2n) is 7.48. The smallest absolute Gasteiger partial charge is 0.338 e. The molecule has 0 saturated heterocycles. The van der Waals surface area contributed by atoms with Gasteiger partial charge in [-0.05, 0) is 56.2 Å². The topological polar surface area (TPSA) is 90.1 Å². The molecule has 7 nitrogen and oxygen atoms in total. The summed E-state index contributed by atoms with van der Waals surface area (Å²) in [6.45, 7) is 5.86. The first-order valence-corrected chi connectivity index (χ1v) is 11.9. The van der Waals surface area contributed by atoms with Crippen LogP contribution in [0.25, 0.3) is 6.08 Å². The molecule has 1 aliphatic rings. The van der Waals surface area contributed by atoms with Crippen LogP contribution in [0.15, 0.2) is 63.5 Å². The number of rotatable bonds is 6. The summed E-state index contributed by atoms with van der Waals surface area (Å²) in [5.41, 5.74) is 1.73. The maximum Gasteiger partial charge on any atom is 0.338 e. The molecule has 176 valence electrons. The lowest BCUT2D eigenvalue weighted by Gasteiger charge is -2.25. The number of esters is 1. The van der Waals surface area contributed by atoms with Crippen LogP contribution in [0.2, 0.25) is 5.02 Å². The van der Waals surface area contributed by atoms with Crippen molar-refractivity contribution in [3.05, 3.63) is 89.6 Å². The zero-order valence-corrected chi connectivity index (χ0v) is 20.4. The quantitative estimate of drug-likeness (QED) is 0.525. The summed E-state index contributed by atoms with van der Waals surface area (Å²) in [6, 6.07) is 11.2. The van der Waals surface area contributed by atoms with Gasteiger partial charge in [0, 0.05) is 5.02 Å². The zero-order valence-electron chi connectivity index (χ0n) is 18.9. The van der Waals surface area contributed by atoms with E-state index in [0.717, 1.165) is 0 Å². The summed E-state index contributed by atoms with van der Waals surface area (Å²) in [4.78, 5) is 31.5. The van der Waals surface area contributed by atoms with Crippen LogP contribution < -0.4 is 19.6 Å². The van der Waals surface area contributed by atoms with E-state index in [4.69, 9.17) is 21.1 Å². The van der Waals surface area contributed by atoms with E-state index in [2.05, 4.69) is 4.99 Å². The molecule has 1 N–H and O–H groups in total. The number of benzene rings is 2. The summed E-state index contributed by atoms with van der Waals surface area (Å²) in [7, 11) is 0. The molecule has 0 fully saturated rings. The molecule has 0 unspecified atom stereocenters. The molecule has 2 aromatic carbocycles. The number of phenols is 1. The molecule has 0 amide bonds. The molecule has 0 spiro atoms. The van der Waals surface area contributed by atoms with E-state index < -0.39 is 12.0 Å². The maximum atomic E-state index is 13.6. The summed E-state index contributed by atoms with van der Waals surface area (Å²) in [5.74, 6) is -0.185. The molecule has 1 aromatic heterocycles. The minimum absolute atomic E-state index is 0.0221. The first-order chi connectivity index (χ1) is 16.3. The van der Waals surface area contributed by atoms with Gasteiger partial charge in [0.25, 0.3) is 5.56 Å². The van der Waals surface area contributed by atoms with E-state index in [1.165, 1.54) is 22.0 Å². The number of allylic oxidation sites excluding steroid dienone is 1. The summed E-state index contributed by atoms with van der Waals surface area (Å²) in [5, 5.41) is 10.4. The minimum atomic E-state index is -0.773. The molecular formula is C25H23ClN2O5S. The fourth-order valence-corrected chi connectivity index (χ4v) is 5.11. The highest BCUT2D eigenvalue weighted by Crippen LogP contribution is 2.34. The van der Waals surface area contributed by atoms with Crippen molar-refractivity contribution in [2.24, 2.45) is 4.99 Å². The van der Waals surface area contributed by atoms with Crippen molar-refractivity contribution in [1.29, 1.82) is 0 Å². The van der Waals surface area contributed by atoms with Crippen LogP contribution in [-0.2, 0) is 9.53 Å². The molecule has 0 aliphatic carbocycles. The van der Waals surface area contributed by atoms with Gasteiger partial charge in [-0.15, -0.1) is 0 Å². The molecule has 0 bridgehead atoms. The van der Waals surface area contributed by atoms with Gasteiger partial charge in [-0.25, -0.2) is 9.79 Å². The van der Waals surface area contributed by atoms with Gasteiger partial charge in [-0.3, -0.25) is 9.36 Å². The number of aromatic hydroxyl groups is 1. The molecule has 4 rings (SSSR count). The van der Waals surface area contributed by atoms with E-state index >= 15 is 0 Å². The molecule has 1 atom stereocenters. The molecule has 0 radical (unpaired) electrons. The van der Waals surface area contributed by atoms with Crippen LogP contribution >= 0.6 is 22.9 Å². The summed E-state index contributed by atoms with van der Waals surface area (Å²) >= 11 is 7.72. The number of phenolic OH excluding ortho intramolecular Hbond substituents is 1.